The van der Waals surface area contributed by atoms with Crippen molar-refractivity contribution in [3.8, 4) is 11.8 Å². The fraction of sp³-hybridized carbons (Fsp3) is 0.0500. The van der Waals surface area contributed by atoms with Crippen molar-refractivity contribution in [2.75, 3.05) is 10.6 Å². The van der Waals surface area contributed by atoms with E-state index in [0.717, 1.165) is 0 Å². The van der Waals surface area contributed by atoms with E-state index in [9.17, 15) is 22.4 Å². The number of anilines is 3. The molecule has 4 N–H and O–H groups in total. The van der Waals surface area contributed by atoms with Crippen LogP contribution in [0, 0.1) is 17.7 Å². The maximum Gasteiger partial charge on any atom is 0.416 e. The molecule has 0 fully saturated rings. The second-order valence-corrected chi connectivity index (χ2v) is 5.97. The van der Waals surface area contributed by atoms with E-state index in [2.05, 4.69) is 21.8 Å². The predicted molar refractivity (Wildman–Crippen MR) is 102 cm³/mol. The molecule has 1 heterocycles. The molecule has 0 spiro atoms. The number of nitrogen functional groups attached to an aromatic ring is 1. The number of primary amides is 1. The lowest BCUT2D eigenvalue weighted by atomic mass is 10.1. The molecule has 1 aromatic heterocycles. The summed E-state index contributed by atoms with van der Waals surface area (Å²) in [4.78, 5) is 20.2. The number of nitrogens with zero attached hydrogens (tertiary/aromatic N) is 3. The van der Waals surface area contributed by atoms with Gasteiger partial charge in [-0.05, 0) is 36.4 Å². The molecule has 10 heteroatoms. The smallest absolute Gasteiger partial charge is 0.368 e. The number of nitrogens with two attached hydrogens (primary N) is 2. The van der Waals surface area contributed by atoms with Crippen LogP contribution in [0.15, 0.2) is 54.9 Å². The Morgan fingerprint density at radius 1 is 1.00 bits per heavy atom. The summed E-state index contributed by atoms with van der Waals surface area (Å²) in [6, 6.07) is 6.43. The fourth-order valence-electron chi connectivity index (χ4n) is 2.52. The Kier molecular flexibility index (Phi) is 5.55. The monoisotopic (exact) mass is 415 g/mol. The van der Waals surface area contributed by atoms with Crippen molar-refractivity contribution in [2.24, 2.45) is 5.73 Å². The van der Waals surface area contributed by atoms with E-state index in [-0.39, 0.29) is 11.6 Å². The zero-order valence-corrected chi connectivity index (χ0v) is 15.1. The minimum Gasteiger partial charge on any atom is -0.368 e. The lowest BCUT2D eigenvalue weighted by Crippen LogP contribution is -2.32. The van der Waals surface area contributed by atoms with Crippen molar-refractivity contribution >= 4 is 23.4 Å². The molecule has 6 nitrogen and oxygen atoms in total. The van der Waals surface area contributed by atoms with E-state index in [4.69, 9.17) is 11.5 Å². The molecule has 0 aliphatic carbocycles. The Hall–Kier alpha value is -4.13. The number of carbonyl (C=O) groups is 1. The van der Waals surface area contributed by atoms with E-state index >= 15 is 0 Å². The molecule has 0 saturated carbocycles. The highest BCUT2D eigenvalue weighted by atomic mass is 19.4. The van der Waals surface area contributed by atoms with Gasteiger partial charge in [-0.3, -0.25) is 4.90 Å². The number of hydrogen-bond donors (Lipinski definition) is 2. The first-order valence-electron chi connectivity index (χ1n) is 8.31. The maximum absolute atomic E-state index is 14.3. The van der Waals surface area contributed by atoms with Gasteiger partial charge in [0.2, 0.25) is 5.95 Å². The third-order valence-electron chi connectivity index (χ3n) is 3.86. The minimum absolute atomic E-state index is 0.0427. The van der Waals surface area contributed by atoms with Crippen molar-refractivity contribution in [3.63, 3.8) is 0 Å². The summed E-state index contributed by atoms with van der Waals surface area (Å²) in [6.07, 6.45) is -1.90. The highest BCUT2D eigenvalue weighted by Gasteiger charge is 2.32. The molecule has 0 atom stereocenters. The summed E-state index contributed by atoms with van der Waals surface area (Å²) in [7, 11) is 0. The fourth-order valence-corrected chi connectivity index (χ4v) is 2.52. The molecule has 0 saturated heterocycles. The van der Waals surface area contributed by atoms with E-state index in [1.54, 1.807) is 6.07 Å². The van der Waals surface area contributed by atoms with E-state index in [0.29, 0.717) is 34.2 Å². The summed E-state index contributed by atoms with van der Waals surface area (Å²) in [5, 5.41) is 0. The van der Waals surface area contributed by atoms with Gasteiger partial charge in [0, 0.05) is 18.0 Å². The lowest BCUT2D eigenvalue weighted by molar-refractivity contribution is -0.137. The van der Waals surface area contributed by atoms with Gasteiger partial charge in [-0.15, -0.1) is 0 Å². The van der Waals surface area contributed by atoms with Gasteiger partial charge in [-0.25, -0.2) is 19.2 Å². The number of amides is 2. The SMILES string of the molecule is NC(=O)N(c1cccc(C#Cc2cnc(N)nc2)c1)c1cc(C(F)(F)F)ccc1F. The van der Waals surface area contributed by atoms with Crippen LogP contribution in [0.2, 0.25) is 0 Å². The molecule has 0 aliphatic heterocycles. The van der Waals surface area contributed by atoms with Crippen molar-refractivity contribution in [3.05, 3.63) is 77.4 Å². The van der Waals surface area contributed by atoms with Crippen molar-refractivity contribution in [1.82, 2.24) is 9.97 Å². The predicted octanol–water partition coefficient (Wildman–Crippen LogP) is 3.83. The summed E-state index contributed by atoms with van der Waals surface area (Å²) < 4.78 is 53.4. The van der Waals surface area contributed by atoms with Crippen LogP contribution in [-0.2, 0) is 6.18 Å². The van der Waals surface area contributed by atoms with E-state index < -0.39 is 29.3 Å². The first kappa shape index (κ1) is 20.6. The Labute approximate surface area is 168 Å². The third kappa shape index (κ3) is 4.64. The lowest BCUT2D eigenvalue weighted by Gasteiger charge is -2.22. The van der Waals surface area contributed by atoms with Crippen LogP contribution >= 0.6 is 0 Å². The first-order valence-corrected chi connectivity index (χ1v) is 8.31. The first-order chi connectivity index (χ1) is 14.1. The second-order valence-electron chi connectivity index (χ2n) is 5.97. The van der Waals surface area contributed by atoms with Gasteiger partial charge in [0.1, 0.15) is 5.82 Å². The van der Waals surface area contributed by atoms with E-state index in [1.807, 2.05) is 0 Å². The molecular weight excluding hydrogens is 402 g/mol. The zero-order valence-electron chi connectivity index (χ0n) is 15.1. The number of benzene rings is 2. The second kappa shape index (κ2) is 8.08. The van der Waals surface area contributed by atoms with Crippen molar-refractivity contribution < 1.29 is 22.4 Å². The van der Waals surface area contributed by atoms with Gasteiger partial charge in [-0.2, -0.15) is 13.2 Å². The molecule has 3 rings (SSSR count). The molecule has 2 amide bonds. The van der Waals surface area contributed by atoms with Crippen molar-refractivity contribution in [1.29, 1.82) is 0 Å². The van der Waals surface area contributed by atoms with Gasteiger partial charge in [0.05, 0.1) is 22.5 Å². The highest BCUT2D eigenvalue weighted by Crippen LogP contribution is 2.35. The van der Waals surface area contributed by atoms with Crippen LogP contribution < -0.4 is 16.4 Å². The quantitative estimate of drug-likeness (QED) is 0.491. The molecular formula is C20H13F4N5O. The largest absolute Gasteiger partial charge is 0.416 e. The molecule has 152 valence electrons. The van der Waals surface area contributed by atoms with Crippen LogP contribution in [0.4, 0.5) is 39.7 Å². The molecule has 3 aromatic rings. The number of rotatable bonds is 2. The highest BCUT2D eigenvalue weighted by molar-refractivity contribution is 5.98. The topological polar surface area (TPSA) is 98.1 Å². The van der Waals surface area contributed by atoms with Crippen LogP contribution in [0.5, 0.6) is 0 Å². The van der Waals surface area contributed by atoms with Gasteiger partial charge in [0.15, 0.2) is 0 Å². The average Bonchev–Trinajstić information content (AvgIpc) is 2.68. The molecule has 2 aromatic carbocycles. The Morgan fingerprint density at radius 3 is 2.30 bits per heavy atom. The van der Waals surface area contributed by atoms with Gasteiger partial charge in [0.25, 0.3) is 0 Å². The molecule has 0 radical (unpaired) electrons. The van der Waals surface area contributed by atoms with E-state index in [1.165, 1.54) is 30.6 Å². The normalized spacial score (nSPS) is 10.8. The summed E-state index contributed by atoms with van der Waals surface area (Å²) in [5.74, 6) is 4.61. The molecule has 0 bridgehead atoms. The summed E-state index contributed by atoms with van der Waals surface area (Å²) in [5.41, 5.74) is 9.88. The van der Waals surface area contributed by atoms with Crippen molar-refractivity contribution in [2.45, 2.75) is 6.18 Å². The zero-order chi connectivity index (χ0) is 21.9. The molecule has 30 heavy (non-hydrogen) atoms. The van der Waals surface area contributed by atoms with Crippen LogP contribution in [-0.4, -0.2) is 16.0 Å². The number of alkyl halides is 3. The number of carbonyl (C=O) groups excluding carboxylic acids is 1. The van der Waals surface area contributed by atoms with Gasteiger partial charge in [-0.1, -0.05) is 17.9 Å². The van der Waals surface area contributed by atoms with Crippen LogP contribution in [0.25, 0.3) is 0 Å². The molecule has 0 unspecified atom stereocenters. The number of halogens is 4. The van der Waals surface area contributed by atoms with Gasteiger partial charge < -0.3 is 11.5 Å². The third-order valence-corrected chi connectivity index (χ3v) is 3.86. The summed E-state index contributed by atoms with van der Waals surface area (Å²) in [6.45, 7) is 0. The summed E-state index contributed by atoms with van der Waals surface area (Å²) >= 11 is 0. The number of urea groups is 1. The minimum atomic E-state index is -4.72. The Morgan fingerprint density at radius 2 is 1.67 bits per heavy atom. The average molecular weight is 415 g/mol. The Balaban J connectivity index is 2.02. The maximum atomic E-state index is 14.3. The number of aromatic nitrogens is 2. The molecule has 0 aliphatic rings. The standard InChI is InChI=1S/C20H13F4N5O/c21-16-7-6-14(20(22,23)24)9-17(16)29(19(26)30)15-3-1-2-12(8-15)4-5-13-10-27-18(25)28-11-13/h1-3,6-11H,(H2,26,30)(H2,25,27,28). The van der Waals surface area contributed by atoms with Gasteiger partial charge >= 0.3 is 12.2 Å². The Bertz CT molecular complexity index is 1150. The van der Waals surface area contributed by atoms with Crippen LogP contribution in [0.1, 0.15) is 16.7 Å². The van der Waals surface area contributed by atoms with Crippen LogP contribution in [0.3, 0.4) is 0 Å². The number of hydrogen-bond acceptors (Lipinski definition) is 4.